The summed E-state index contributed by atoms with van der Waals surface area (Å²) in [4.78, 5) is 44.4. The Morgan fingerprint density at radius 1 is 0.977 bits per heavy atom. The number of aryl methyl sites for hydroxylation is 1. The molecule has 3 aliphatic rings. The molecule has 11 heteroatoms. The van der Waals surface area contributed by atoms with Crippen LogP contribution in [0.2, 0.25) is 0 Å². The van der Waals surface area contributed by atoms with Crippen molar-refractivity contribution in [3.63, 3.8) is 0 Å². The monoisotopic (exact) mass is 598 g/mol. The van der Waals surface area contributed by atoms with Crippen LogP contribution in [0.25, 0.3) is 10.9 Å². The molecule has 228 valence electrons. The zero-order valence-electron chi connectivity index (χ0n) is 24.6. The molecule has 3 aliphatic heterocycles. The van der Waals surface area contributed by atoms with Crippen molar-refractivity contribution in [1.82, 2.24) is 20.5 Å². The Morgan fingerprint density at radius 3 is 2.66 bits per heavy atom. The van der Waals surface area contributed by atoms with Gasteiger partial charge >= 0.3 is 0 Å². The number of benzene rings is 3. The number of para-hydroxylation sites is 1. The van der Waals surface area contributed by atoms with Crippen molar-refractivity contribution in [1.29, 1.82) is 0 Å². The van der Waals surface area contributed by atoms with E-state index in [0.29, 0.717) is 35.7 Å². The summed E-state index contributed by atoms with van der Waals surface area (Å²) < 4.78 is 23.1. The molecule has 2 atom stereocenters. The van der Waals surface area contributed by atoms with Crippen molar-refractivity contribution < 1.29 is 33.3 Å². The number of hydrogen-bond donors (Lipinski definition) is 3. The highest BCUT2D eigenvalue weighted by molar-refractivity contribution is 5.95. The molecule has 0 radical (unpaired) electrons. The van der Waals surface area contributed by atoms with E-state index in [4.69, 9.17) is 18.9 Å². The molecule has 1 saturated heterocycles. The largest absolute Gasteiger partial charge is 0.493 e. The minimum absolute atomic E-state index is 0.0269. The first kappa shape index (κ1) is 28.9. The van der Waals surface area contributed by atoms with Gasteiger partial charge in [0.15, 0.2) is 29.6 Å². The standard InChI is InChI=1S/C33H34N4O7/c1-41-26-11-8-21-14-29(26)43-19-31(38)35-15-20-7-10-27(28(13-20)42-2)44-30-18-37(17-25(30)36-33(21)40)32(39)12-9-22-16-34-24-6-4-3-5-23(22)24/h3-8,10-11,13-14,16,25,30,34H,9,12,15,17-19H2,1-2H3,(H,35,38)(H,36,40)/t25-,30-/m0/s1. The predicted octanol–water partition coefficient (Wildman–Crippen LogP) is 3.21. The number of nitrogens with one attached hydrogen (secondary N) is 3. The maximum absolute atomic E-state index is 13.5. The number of amides is 3. The van der Waals surface area contributed by atoms with Gasteiger partial charge in [0.25, 0.3) is 11.8 Å². The highest BCUT2D eigenvalue weighted by Gasteiger charge is 2.38. The molecule has 3 aromatic carbocycles. The Balaban J connectivity index is 1.26. The van der Waals surface area contributed by atoms with Crippen LogP contribution in [0, 0.1) is 0 Å². The molecule has 1 fully saturated rings. The molecule has 0 spiro atoms. The molecular formula is C33H34N4O7. The number of rotatable bonds is 5. The van der Waals surface area contributed by atoms with E-state index < -0.39 is 12.1 Å². The third-order valence-electron chi connectivity index (χ3n) is 8.00. The van der Waals surface area contributed by atoms with Gasteiger partial charge in [0.1, 0.15) is 6.10 Å². The van der Waals surface area contributed by atoms with Crippen molar-refractivity contribution in [3.8, 4) is 23.0 Å². The molecule has 4 heterocycles. The minimum Gasteiger partial charge on any atom is -0.493 e. The van der Waals surface area contributed by atoms with E-state index in [9.17, 15) is 14.4 Å². The molecule has 0 saturated carbocycles. The van der Waals surface area contributed by atoms with Crippen molar-refractivity contribution in [2.24, 2.45) is 0 Å². The van der Waals surface area contributed by atoms with Crippen LogP contribution in [0.5, 0.6) is 23.0 Å². The van der Waals surface area contributed by atoms with Crippen LogP contribution in [-0.4, -0.2) is 73.7 Å². The quantitative estimate of drug-likeness (QED) is 0.322. The number of aromatic amines is 1. The second-order valence-corrected chi connectivity index (χ2v) is 10.8. The zero-order chi connectivity index (χ0) is 30.6. The van der Waals surface area contributed by atoms with Crippen LogP contribution in [0.15, 0.2) is 66.9 Å². The Bertz CT molecular complexity index is 1700. The maximum atomic E-state index is 13.5. The normalized spacial score (nSPS) is 18.5. The lowest BCUT2D eigenvalue weighted by Crippen LogP contribution is -2.45. The first-order valence-corrected chi connectivity index (χ1v) is 14.5. The number of carbonyl (C=O) groups excluding carboxylic acids is 3. The number of H-pyrrole nitrogens is 1. The van der Waals surface area contributed by atoms with Crippen molar-refractivity contribution >= 4 is 28.6 Å². The van der Waals surface area contributed by atoms with E-state index in [2.05, 4.69) is 15.6 Å². The molecule has 0 unspecified atom stereocenters. The molecule has 7 rings (SSSR count). The highest BCUT2D eigenvalue weighted by atomic mass is 16.5. The predicted molar refractivity (Wildman–Crippen MR) is 162 cm³/mol. The third kappa shape index (κ3) is 6.12. The number of carbonyl (C=O) groups is 3. The fourth-order valence-corrected chi connectivity index (χ4v) is 5.63. The van der Waals surface area contributed by atoms with Crippen LogP contribution in [-0.2, 0) is 22.6 Å². The SMILES string of the molecule is COc1ccc2cc1OCC(=O)NCc1ccc(c(OC)c1)O[C@H]1CN(C(=O)CCc3c[nH]c4ccccc34)C[C@@H]1NC2=O. The summed E-state index contributed by atoms with van der Waals surface area (Å²) in [5, 5.41) is 6.98. The third-order valence-corrected chi connectivity index (χ3v) is 8.00. The summed E-state index contributed by atoms with van der Waals surface area (Å²) >= 11 is 0. The van der Waals surface area contributed by atoms with Gasteiger partial charge in [-0.05, 0) is 53.9 Å². The second kappa shape index (κ2) is 12.6. The lowest BCUT2D eigenvalue weighted by Gasteiger charge is -2.22. The van der Waals surface area contributed by atoms with Gasteiger partial charge < -0.3 is 39.5 Å². The number of nitrogens with zero attached hydrogens (tertiary/aromatic N) is 1. The van der Waals surface area contributed by atoms with Gasteiger partial charge in [0.2, 0.25) is 5.91 Å². The number of hydrogen-bond acceptors (Lipinski definition) is 7. The highest BCUT2D eigenvalue weighted by Crippen LogP contribution is 2.32. The Morgan fingerprint density at radius 2 is 1.82 bits per heavy atom. The van der Waals surface area contributed by atoms with E-state index in [1.807, 2.05) is 36.5 Å². The summed E-state index contributed by atoms with van der Waals surface area (Å²) in [5.41, 5.74) is 3.23. The number of aromatic nitrogens is 1. The molecule has 44 heavy (non-hydrogen) atoms. The van der Waals surface area contributed by atoms with Crippen molar-refractivity contribution in [2.45, 2.75) is 31.5 Å². The van der Waals surface area contributed by atoms with Crippen LogP contribution in [0.1, 0.15) is 27.9 Å². The summed E-state index contributed by atoms with van der Waals surface area (Å²) in [6, 6.07) is 17.7. The summed E-state index contributed by atoms with van der Waals surface area (Å²) in [6.45, 7) is 0.554. The van der Waals surface area contributed by atoms with Gasteiger partial charge in [0.05, 0.1) is 26.8 Å². The molecule has 0 aliphatic carbocycles. The molecular weight excluding hydrogens is 564 g/mol. The lowest BCUT2D eigenvalue weighted by molar-refractivity contribution is -0.130. The van der Waals surface area contributed by atoms with Gasteiger partial charge in [-0.3, -0.25) is 14.4 Å². The minimum atomic E-state index is -0.542. The van der Waals surface area contributed by atoms with Gasteiger partial charge in [0, 0.05) is 42.2 Å². The number of likely N-dealkylation sites (tertiary alicyclic amines) is 1. The molecule has 4 aromatic rings. The Kier molecular flexibility index (Phi) is 8.27. The number of fused-ring (bicyclic) bond motifs is 8. The summed E-state index contributed by atoms with van der Waals surface area (Å²) in [6.07, 6.45) is 2.31. The van der Waals surface area contributed by atoms with E-state index in [1.54, 1.807) is 29.2 Å². The average Bonchev–Trinajstić information content (AvgIpc) is 3.65. The second-order valence-electron chi connectivity index (χ2n) is 10.8. The smallest absolute Gasteiger partial charge is 0.258 e. The van der Waals surface area contributed by atoms with Crippen LogP contribution in [0.3, 0.4) is 0 Å². The summed E-state index contributed by atoms with van der Waals surface area (Å²) in [5.74, 6) is 0.859. The van der Waals surface area contributed by atoms with Crippen LogP contribution < -0.4 is 29.6 Å². The lowest BCUT2D eigenvalue weighted by atomic mass is 10.1. The first-order chi connectivity index (χ1) is 21.4. The Hall–Kier alpha value is -5.19. The Labute approximate surface area is 254 Å². The van der Waals surface area contributed by atoms with Crippen LogP contribution >= 0.6 is 0 Å². The average molecular weight is 599 g/mol. The molecule has 1 aromatic heterocycles. The van der Waals surface area contributed by atoms with Crippen molar-refractivity contribution in [2.75, 3.05) is 33.9 Å². The number of methoxy groups -OCH3 is 2. The van der Waals surface area contributed by atoms with Gasteiger partial charge in [-0.15, -0.1) is 0 Å². The zero-order valence-corrected chi connectivity index (χ0v) is 24.6. The molecule has 4 bridgehead atoms. The summed E-state index contributed by atoms with van der Waals surface area (Å²) in [7, 11) is 3.02. The fraction of sp³-hybridized carbons (Fsp3) is 0.303. The van der Waals surface area contributed by atoms with Crippen LogP contribution in [0.4, 0.5) is 0 Å². The topological polar surface area (TPSA) is 131 Å². The molecule has 11 nitrogen and oxygen atoms in total. The van der Waals surface area contributed by atoms with Crippen molar-refractivity contribution in [3.05, 3.63) is 83.6 Å². The van der Waals surface area contributed by atoms with E-state index in [-0.39, 0.29) is 49.7 Å². The van der Waals surface area contributed by atoms with Gasteiger partial charge in [-0.2, -0.15) is 0 Å². The van der Waals surface area contributed by atoms with Gasteiger partial charge in [-0.1, -0.05) is 24.3 Å². The first-order valence-electron chi connectivity index (χ1n) is 14.5. The fourth-order valence-electron chi connectivity index (χ4n) is 5.63. The molecule has 3 amide bonds. The van der Waals surface area contributed by atoms with E-state index in [1.165, 1.54) is 20.3 Å². The van der Waals surface area contributed by atoms with E-state index >= 15 is 0 Å². The van der Waals surface area contributed by atoms with Gasteiger partial charge in [-0.25, -0.2) is 0 Å². The van der Waals surface area contributed by atoms with E-state index in [0.717, 1.165) is 22.0 Å². The number of ether oxygens (including phenoxy) is 4. The molecule has 3 N–H and O–H groups in total. The maximum Gasteiger partial charge on any atom is 0.258 e.